The summed E-state index contributed by atoms with van der Waals surface area (Å²) in [6, 6.07) is 12.9. The maximum atomic E-state index is 12.2. The standard InChI is InChI=1S/C16H10ClNO4/c17-10-5-6-11(16(20)21)12(8-10)18-15(19)14-7-9-3-1-2-4-13(9)22-14/h1-8H,(H,18,19)(H,20,21). The Morgan fingerprint density at radius 3 is 2.59 bits per heavy atom. The lowest BCUT2D eigenvalue weighted by molar-refractivity contribution is 0.0698. The van der Waals surface area contributed by atoms with Crippen molar-refractivity contribution in [1.82, 2.24) is 0 Å². The highest BCUT2D eigenvalue weighted by Crippen LogP contribution is 2.24. The molecule has 0 saturated carbocycles. The van der Waals surface area contributed by atoms with Crippen LogP contribution in [0.25, 0.3) is 11.0 Å². The highest BCUT2D eigenvalue weighted by Gasteiger charge is 2.17. The minimum absolute atomic E-state index is 0.0474. The molecule has 0 aliphatic heterocycles. The fourth-order valence-corrected chi connectivity index (χ4v) is 2.26. The van der Waals surface area contributed by atoms with Gasteiger partial charge in [0.2, 0.25) is 0 Å². The van der Waals surface area contributed by atoms with Gasteiger partial charge < -0.3 is 14.8 Å². The van der Waals surface area contributed by atoms with Crippen molar-refractivity contribution in [1.29, 1.82) is 0 Å². The Balaban J connectivity index is 1.94. The van der Waals surface area contributed by atoms with Crippen LogP contribution in [0.15, 0.2) is 52.9 Å². The van der Waals surface area contributed by atoms with E-state index in [9.17, 15) is 9.59 Å². The highest BCUT2D eigenvalue weighted by molar-refractivity contribution is 6.31. The summed E-state index contributed by atoms with van der Waals surface area (Å²) in [7, 11) is 0. The summed E-state index contributed by atoms with van der Waals surface area (Å²) >= 11 is 5.85. The Labute approximate surface area is 130 Å². The molecule has 0 aliphatic carbocycles. The van der Waals surface area contributed by atoms with Gasteiger partial charge in [-0.05, 0) is 30.3 Å². The number of carbonyl (C=O) groups excluding carboxylic acids is 1. The van der Waals surface area contributed by atoms with Crippen molar-refractivity contribution < 1.29 is 19.1 Å². The van der Waals surface area contributed by atoms with Crippen molar-refractivity contribution >= 4 is 40.1 Å². The van der Waals surface area contributed by atoms with E-state index in [0.29, 0.717) is 10.6 Å². The Bertz CT molecular complexity index is 852. The van der Waals surface area contributed by atoms with Gasteiger partial charge in [-0.15, -0.1) is 0 Å². The third-order valence-electron chi connectivity index (χ3n) is 3.11. The summed E-state index contributed by atoms with van der Waals surface area (Å²) in [5.41, 5.74) is 0.650. The fraction of sp³-hybridized carbons (Fsp3) is 0. The summed E-state index contributed by atoms with van der Waals surface area (Å²) in [5, 5.41) is 12.8. The van der Waals surface area contributed by atoms with Gasteiger partial charge in [-0.25, -0.2) is 4.79 Å². The summed E-state index contributed by atoms with van der Waals surface area (Å²) in [6.07, 6.45) is 0. The van der Waals surface area contributed by atoms with E-state index >= 15 is 0 Å². The molecule has 22 heavy (non-hydrogen) atoms. The van der Waals surface area contributed by atoms with Crippen molar-refractivity contribution in [2.75, 3.05) is 5.32 Å². The molecule has 0 saturated heterocycles. The van der Waals surface area contributed by atoms with Crippen LogP contribution in [0.4, 0.5) is 5.69 Å². The zero-order valence-corrected chi connectivity index (χ0v) is 11.9. The van der Waals surface area contributed by atoms with Crippen LogP contribution in [0.5, 0.6) is 0 Å². The third-order valence-corrected chi connectivity index (χ3v) is 3.34. The zero-order valence-electron chi connectivity index (χ0n) is 11.2. The second-order valence-corrected chi connectivity index (χ2v) is 5.03. The number of rotatable bonds is 3. The number of amides is 1. The largest absolute Gasteiger partial charge is 0.478 e. The van der Waals surface area contributed by atoms with E-state index < -0.39 is 11.9 Å². The number of carbonyl (C=O) groups is 2. The molecule has 0 unspecified atom stereocenters. The molecule has 0 bridgehead atoms. The van der Waals surface area contributed by atoms with Crippen LogP contribution < -0.4 is 5.32 Å². The van der Waals surface area contributed by atoms with Gasteiger partial charge in [-0.1, -0.05) is 29.8 Å². The summed E-state index contributed by atoms with van der Waals surface area (Å²) in [5.74, 6) is -1.60. The lowest BCUT2D eigenvalue weighted by atomic mass is 10.1. The number of anilines is 1. The number of nitrogens with one attached hydrogen (secondary N) is 1. The molecule has 2 N–H and O–H groups in total. The molecule has 0 atom stereocenters. The Morgan fingerprint density at radius 1 is 1.09 bits per heavy atom. The molecule has 1 heterocycles. The molecule has 2 aromatic carbocycles. The first-order chi connectivity index (χ1) is 10.5. The number of halogens is 1. The van der Waals surface area contributed by atoms with E-state index in [4.69, 9.17) is 21.1 Å². The average molecular weight is 316 g/mol. The van der Waals surface area contributed by atoms with Crippen LogP contribution in [-0.4, -0.2) is 17.0 Å². The Morgan fingerprint density at radius 2 is 1.86 bits per heavy atom. The van der Waals surface area contributed by atoms with Crippen LogP contribution in [0.2, 0.25) is 5.02 Å². The van der Waals surface area contributed by atoms with Gasteiger partial charge in [0, 0.05) is 10.4 Å². The van der Waals surface area contributed by atoms with Crippen molar-refractivity contribution in [2.24, 2.45) is 0 Å². The van der Waals surface area contributed by atoms with E-state index in [1.54, 1.807) is 18.2 Å². The minimum Gasteiger partial charge on any atom is -0.478 e. The topological polar surface area (TPSA) is 79.5 Å². The van der Waals surface area contributed by atoms with Gasteiger partial charge in [0.15, 0.2) is 5.76 Å². The predicted octanol–water partition coefficient (Wildman–Crippen LogP) is 4.04. The summed E-state index contributed by atoms with van der Waals surface area (Å²) < 4.78 is 5.44. The third kappa shape index (κ3) is 2.66. The first-order valence-electron chi connectivity index (χ1n) is 6.37. The van der Waals surface area contributed by atoms with Gasteiger partial charge in [-0.3, -0.25) is 4.79 Å². The smallest absolute Gasteiger partial charge is 0.337 e. The molecule has 110 valence electrons. The van der Waals surface area contributed by atoms with Gasteiger partial charge >= 0.3 is 5.97 Å². The van der Waals surface area contributed by atoms with E-state index in [-0.39, 0.29) is 17.0 Å². The molecule has 5 nitrogen and oxygen atoms in total. The van der Waals surface area contributed by atoms with Gasteiger partial charge in [0.25, 0.3) is 5.91 Å². The average Bonchev–Trinajstić information content (AvgIpc) is 2.91. The number of fused-ring (bicyclic) bond motifs is 1. The number of furan rings is 1. The monoisotopic (exact) mass is 315 g/mol. The maximum absolute atomic E-state index is 12.2. The van der Waals surface area contributed by atoms with E-state index in [1.165, 1.54) is 18.2 Å². The minimum atomic E-state index is -1.16. The Hall–Kier alpha value is -2.79. The lowest BCUT2D eigenvalue weighted by Gasteiger charge is -2.07. The lowest BCUT2D eigenvalue weighted by Crippen LogP contribution is -2.14. The van der Waals surface area contributed by atoms with Crippen LogP contribution in [-0.2, 0) is 0 Å². The van der Waals surface area contributed by atoms with Crippen molar-refractivity contribution in [3.05, 3.63) is 64.9 Å². The number of hydrogen-bond donors (Lipinski definition) is 2. The van der Waals surface area contributed by atoms with Gasteiger partial charge in [-0.2, -0.15) is 0 Å². The maximum Gasteiger partial charge on any atom is 0.337 e. The van der Waals surface area contributed by atoms with Crippen LogP contribution >= 0.6 is 11.6 Å². The van der Waals surface area contributed by atoms with E-state index in [1.807, 2.05) is 12.1 Å². The normalized spacial score (nSPS) is 10.6. The highest BCUT2D eigenvalue weighted by atomic mass is 35.5. The van der Waals surface area contributed by atoms with Crippen molar-refractivity contribution in [3.63, 3.8) is 0 Å². The molecule has 0 aliphatic rings. The number of carboxylic acid groups (broad SMARTS) is 1. The van der Waals surface area contributed by atoms with Crippen LogP contribution in [0, 0.1) is 0 Å². The van der Waals surface area contributed by atoms with Gasteiger partial charge in [0.1, 0.15) is 5.58 Å². The van der Waals surface area contributed by atoms with Crippen molar-refractivity contribution in [2.45, 2.75) is 0 Å². The first-order valence-corrected chi connectivity index (χ1v) is 6.75. The number of benzene rings is 2. The number of carboxylic acids is 1. The molecule has 0 spiro atoms. The molecule has 1 amide bonds. The first kappa shape index (κ1) is 14.2. The predicted molar refractivity (Wildman–Crippen MR) is 82.6 cm³/mol. The molecule has 6 heteroatoms. The number of para-hydroxylation sites is 1. The molecule has 3 rings (SSSR count). The summed E-state index contributed by atoms with van der Waals surface area (Å²) in [6.45, 7) is 0. The number of hydrogen-bond acceptors (Lipinski definition) is 3. The quantitative estimate of drug-likeness (QED) is 0.764. The number of aromatic carboxylic acids is 1. The fourth-order valence-electron chi connectivity index (χ4n) is 2.08. The second kappa shape index (κ2) is 5.54. The second-order valence-electron chi connectivity index (χ2n) is 4.60. The molecular weight excluding hydrogens is 306 g/mol. The SMILES string of the molecule is O=C(Nc1cc(Cl)ccc1C(=O)O)c1cc2ccccc2o1. The molecule has 1 aromatic heterocycles. The van der Waals surface area contributed by atoms with Gasteiger partial charge in [0.05, 0.1) is 11.3 Å². The zero-order chi connectivity index (χ0) is 15.7. The molecular formula is C16H10ClNO4. The molecule has 3 aromatic rings. The van der Waals surface area contributed by atoms with Crippen molar-refractivity contribution in [3.8, 4) is 0 Å². The summed E-state index contributed by atoms with van der Waals surface area (Å²) in [4.78, 5) is 23.4. The van der Waals surface area contributed by atoms with E-state index in [0.717, 1.165) is 5.39 Å². The van der Waals surface area contributed by atoms with E-state index in [2.05, 4.69) is 5.32 Å². The van der Waals surface area contributed by atoms with Crippen LogP contribution in [0.3, 0.4) is 0 Å². The Kier molecular flexibility index (Phi) is 3.56. The molecule has 0 fully saturated rings. The van der Waals surface area contributed by atoms with Crippen LogP contribution in [0.1, 0.15) is 20.9 Å². The molecule has 0 radical (unpaired) electrons.